The highest BCUT2D eigenvalue weighted by molar-refractivity contribution is 7.92. The van der Waals surface area contributed by atoms with Gasteiger partial charge in [0, 0.05) is 0 Å². The van der Waals surface area contributed by atoms with E-state index in [0.717, 1.165) is 0 Å². The molecule has 0 saturated carbocycles. The molecule has 0 aliphatic rings. The summed E-state index contributed by atoms with van der Waals surface area (Å²) in [4.78, 5) is 11.4. The molecule has 0 aliphatic carbocycles. The number of carboxylic acids is 1. The van der Waals surface area contributed by atoms with Crippen LogP contribution < -0.4 is 4.74 Å². The molecular formula is C15H14O5S. The number of hydrogen-bond acceptors (Lipinski definition) is 4. The number of methoxy groups -OCH3 is 1. The van der Waals surface area contributed by atoms with Gasteiger partial charge in [0.25, 0.3) is 0 Å². The molecule has 21 heavy (non-hydrogen) atoms. The Balaban J connectivity index is 2.56. The summed E-state index contributed by atoms with van der Waals surface area (Å²) in [5, 5.41) is 7.69. The topological polar surface area (TPSA) is 80.7 Å². The lowest BCUT2D eigenvalue weighted by Gasteiger charge is -2.14. The second-order valence-electron chi connectivity index (χ2n) is 4.35. The van der Waals surface area contributed by atoms with Gasteiger partial charge >= 0.3 is 5.97 Å². The zero-order valence-electron chi connectivity index (χ0n) is 11.3. The minimum Gasteiger partial charge on any atom is -0.497 e. The van der Waals surface area contributed by atoms with Crippen LogP contribution >= 0.6 is 0 Å². The molecule has 1 atom stereocenters. The summed E-state index contributed by atoms with van der Waals surface area (Å²) in [6.45, 7) is 0. The van der Waals surface area contributed by atoms with Gasteiger partial charge in [0.05, 0.1) is 12.0 Å². The van der Waals surface area contributed by atoms with Gasteiger partial charge in [-0.05, 0) is 23.8 Å². The van der Waals surface area contributed by atoms with Crippen LogP contribution in [0.1, 0.15) is 10.8 Å². The maximum Gasteiger partial charge on any atom is 0.326 e. The average molecular weight is 306 g/mol. The molecule has 5 nitrogen and oxygen atoms in total. The van der Waals surface area contributed by atoms with E-state index in [4.69, 9.17) is 4.74 Å². The van der Waals surface area contributed by atoms with Gasteiger partial charge in [0.2, 0.25) is 0 Å². The molecule has 0 spiro atoms. The first-order valence-corrected chi connectivity index (χ1v) is 7.67. The van der Waals surface area contributed by atoms with E-state index in [1.807, 2.05) is 0 Å². The Morgan fingerprint density at radius 3 is 2.33 bits per heavy atom. The van der Waals surface area contributed by atoms with Gasteiger partial charge in [-0.15, -0.1) is 0 Å². The fourth-order valence-corrected chi connectivity index (χ4v) is 3.60. The van der Waals surface area contributed by atoms with Crippen molar-refractivity contribution in [3.63, 3.8) is 0 Å². The molecule has 2 aromatic carbocycles. The normalized spacial score (nSPS) is 12.6. The molecular weight excluding hydrogens is 292 g/mol. The third-order valence-electron chi connectivity index (χ3n) is 3.01. The summed E-state index contributed by atoms with van der Waals surface area (Å²) in [5.74, 6) is -1.06. The summed E-state index contributed by atoms with van der Waals surface area (Å²) in [6.07, 6.45) is 0. The summed E-state index contributed by atoms with van der Waals surface area (Å²) in [5.41, 5.74) is 0.216. The number of hydrogen-bond donors (Lipinski definition) is 1. The standard InChI is InChI=1S/C15H14O5S/c1-20-12-8-5-9-13(10-12)21(18,19)14(15(16)17)11-6-3-2-4-7-11/h2-10,14H,1H3,(H,16,17). The Kier molecular flexibility index (Phi) is 4.28. The van der Waals surface area contributed by atoms with Crippen molar-refractivity contribution in [2.45, 2.75) is 10.1 Å². The van der Waals surface area contributed by atoms with Gasteiger partial charge in [0.1, 0.15) is 5.75 Å². The van der Waals surface area contributed by atoms with E-state index in [1.165, 1.54) is 37.4 Å². The van der Waals surface area contributed by atoms with Gasteiger partial charge in [-0.25, -0.2) is 8.42 Å². The molecule has 0 radical (unpaired) electrons. The van der Waals surface area contributed by atoms with Crippen LogP contribution in [-0.4, -0.2) is 26.6 Å². The molecule has 2 rings (SSSR count). The lowest BCUT2D eigenvalue weighted by Crippen LogP contribution is -2.22. The van der Waals surface area contributed by atoms with Gasteiger partial charge in [-0.2, -0.15) is 0 Å². The summed E-state index contributed by atoms with van der Waals surface area (Å²) in [6, 6.07) is 13.6. The van der Waals surface area contributed by atoms with Crippen molar-refractivity contribution in [1.29, 1.82) is 0 Å². The van der Waals surface area contributed by atoms with Crippen LogP contribution in [0, 0.1) is 0 Å². The molecule has 0 aromatic heterocycles. The molecule has 110 valence electrons. The number of sulfone groups is 1. The first-order chi connectivity index (χ1) is 9.96. The Bertz CT molecular complexity index is 738. The van der Waals surface area contributed by atoms with Crippen LogP contribution in [0.15, 0.2) is 59.5 Å². The van der Waals surface area contributed by atoms with Crippen molar-refractivity contribution in [2.24, 2.45) is 0 Å². The van der Waals surface area contributed by atoms with E-state index in [0.29, 0.717) is 5.75 Å². The number of rotatable bonds is 5. The molecule has 0 saturated heterocycles. The van der Waals surface area contributed by atoms with Crippen molar-refractivity contribution in [3.8, 4) is 5.75 Å². The molecule has 2 aromatic rings. The van der Waals surface area contributed by atoms with Crippen molar-refractivity contribution >= 4 is 15.8 Å². The molecule has 0 amide bonds. The summed E-state index contributed by atoms with van der Waals surface area (Å²) >= 11 is 0. The van der Waals surface area contributed by atoms with Gasteiger partial charge in [0.15, 0.2) is 15.1 Å². The lowest BCUT2D eigenvalue weighted by molar-refractivity contribution is -0.136. The molecule has 0 heterocycles. The quantitative estimate of drug-likeness (QED) is 0.916. The van der Waals surface area contributed by atoms with Crippen molar-refractivity contribution in [2.75, 3.05) is 7.11 Å². The second-order valence-corrected chi connectivity index (χ2v) is 6.39. The SMILES string of the molecule is COc1cccc(S(=O)(=O)C(C(=O)O)c2ccccc2)c1. The molecule has 6 heteroatoms. The maximum absolute atomic E-state index is 12.6. The molecule has 0 bridgehead atoms. The first kappa shape index (κ1) is 15.1. The van der Waals surface area contributed by atoms with Crippen LogP contribution in [0.5, 0.6) is 5.75 Å². The number of carbonyl (C=O) groups is 1. The van der Waals surface area contributed by atoms with E-state index in [9.17, 15) is 18.3 Å². The number of benzene rings is 2. The van der Waals surface area contributed by atoms with Gasteiger partial charge in [-0.3, -0.25) is 4.79 Å². The van der Waals surface area contributed by atoms with Crippen LogP contribution in [-0.2, 0) is 14.6 Å². The summed E-state index contributed by atoms with van der Waals surface area (Å²) in [7, 11) is -2.65. The number of aliphatic carboxylic acids is 1. The third kappa shape index (κ3) is 3.05. The third-order valence-corrected chi connectivity index (χ3v) is 5.01. The molecule has 1 unspecified atom stereocenters. The Morgan fingerprint density at radius 1 is 1.10 bits per heavy atom. The Labute approximate surface area is 122 Å². The van der Waals surface area contributed by atoms with Crippen LogP contribution in [0.3, 0.4) is 0 Å². The van der Waals surface area contributed by atoms with E-state index in [2.05, 4.69) is 0 Å². The molecule has 0 aliphatic heterocycles. The number of carboxylic acid groups (broad SMARTS) is 1. The average Bonchev–Trinajstić information content (AvgIpc) is 2.48. The van der Waals surface area contributed by atoms with E-state index < -0.39 is 21.1 Å². The van der Waals surface area contributed by atoms with Gasteiger partial charge in [-0.1, -0.05) is 36.4 Å². The minimum absolute atomic E-state index is 0.0851. The predicted molar refractivity (Wildman–Crippen MR) is 77.0 cm³/mol. The minimum atomic E-state index is -4.07. The highest BCUT2D eigenvalue weighted by atomic mass is 32.2. The highest BCUT2D eigenvalue weighted by Crippen LogP contribution is 2.30. The van der Waals surface area contributed by atoms with Crippen molar-refractivity contribution in [1.82, 2.24) is 0 Å². The van der Waals surface area contributed by atoms with Crippen LogP contribution in [0.2, 0.25) is 0 Å². The zero-order valence-corrected chi connectivity index (χ0v) is 12.1. The van der Waals surface area contributed by atoms with E-state index in [1.54, 1.807) is 24.3 Å². The van der Waals surface area contributed by atoms with Crippen LogP contribution in [0.4, 0.5) is 0 Å². The highest BCUT2D eigenvalue weighted by Gasteiger charge is 2.35. The predicted octanol–water partition coefficient (Wildman–Crippen LogP) is 2.29. The maximum atomic E-state index is 12.6. The smallest absolute Gasteiger partial charge is 0.326 e. The largest absolute Gasteiger partial charge is 0.497 e. The van der Waals surface area contributed by atoms with E-state index in [-0.39, 0.29) is 10.5 Å². The Morgan fingerprint density at radius 2 is 1.76 bits per heavy atom. The Hall–Kier alpha value is -2.34. The second kappa shape index (κ2) is 5.97. The summed E-state index contributed by atoms with van der Waals surface area (Å²) < 4.78 is 30.2. The molecule has 1 N–H and O–H groups in total. The number of ether oxygens (including phenoxy) is 1. The first-order valence-electron chi connectivity index (χ1n) is 6.12. The fourth-order valence-electron chi connectivity index (χ4n) is 2.00. The fraction of sp³-hybridized carbons (Fsp3) is 0.133. The monoisotopic (exact) mass is 306 g/mol. The van der Waals surface area contributed by atoms with Crippen molar-refractivity contribution < 1.29 is 23.1 Å². The van der Waals surface area contributed by atoms with Crippen LogP contribution in [0.25, 0.3) is 0 Å². The lowest BCUT2D eigenvalue weighted by atomic mass is 10.1. The zero-order chi connectivity index (χ0) is 15.5. The molecule has 0 fully saturated rings. The van der Waals surface area contributed by atoms with Crippen molar-refractivity contribution in [3.05, 3.63) is 60.2 Å². The van der Waals surface area contributed by atoms with Gasteiger partial charge < -0.3 is 9.84 Å². The van der Waals surface area contributed by atoms with E-state index >= 15 is 0 Å².